The third-order valence-corrected chi connectivity index (χ3v) is 4.79. The van der Waals surface area contributed by atoms with Crippen LogP contribution in [0.15, 0.2) is 0 Å². The van der Waals surface area contributed by atoms with E-state index in [-0.39, 0.29) is 25.5 Å². The van der Waals surface area contributed by atoms with Crippen LogP contribution in [0.2, 0.25) is 0 Å². The highest BCUT2D eigenvalue weighted by Crippen LogP contribution is 2.55. The van der Waals surface area contributed by atoms with E-state index in [2.05, 4.69) is 6.07 Å². The monoisotopic (exact) mass is 294 g/mol. The van der Waals surface area contributed by atoms with Gasteiger partial charge in [0.2, 0.25) is 5.91 Å². The largest absolute Gasteiger partial charge is 0.465 e. The Balaban J connectivity index is 2.43. The van der Waals surface area contributed by atoms with Crippen LogP contribution in [0.5, 0.6) is 0 Å². The summed E-state index contributed by atoms with van der Waals surface area (Å²) in [5.74, 6) is -0.606. The van der Waals surface area contributed by atoms with Crippen LogP contribution in [0.1, 0.15) is 45.4 Å². The van der Waals surface area contributed by atoms with Crippen molar-refractivity contribution in [3.8, 4) is 6.07 Å². The molecule has 116 valence electrons. The predicted octanol–water partition coefficient (Wildman–Crippen LogP) is 0.987. The fraction of sp³-hybridized carbons (Fsp3) is 0.800. The van der Waals surface area contributed by atoms with E-state index in [1.165, 1.54) is 4.90 Å². The molecule has 1 saturated carbocycles. The molecular formula is C15H22N2O4. The van der Waals surface area contributed by atoms with E-state index in [4.69, 9.17) is 9.84 Å². The SMILES string of the molecule is CCOC(=O)[C@@]12CCCC[C@]1(C#N)N(CCCO)C(=O)C2. The summed E-state index contributed by atoms with van der Waals surface area (Å²) in [4.78, 5) is 26.5. The number of aliphatic hydroxyl groups excluding tert-OH is 1. The maximum Gasteiger partial charge on any atom is 0.316 e. The second-order valence-electron chi connectivity index (χ2n) is 5.78. The molecule has 1 aliphatic carbocycles. The van der Waals surface area contributed by atoms with E-state index < -0.39 is 16.9 Å². The lowest BCUT2D eigenvalue weighted by Gasteiger charge is -2.45. The van der Waals surface area contributed by atoms with Gasteiger partial charge in [-0.25, -0.2) is 0 Å². The normalized spacial score (nSPS) is 31.7. The van der Waals surface area contributed by atoms with Gasteiger partial charge in [0.05, 0.1) is 12.7 Å². The van der Waals surface area contributed by atoms with E-state index in [0.29, 0.717) is 25.8 Å². The van der Waals surface area contributed by atoms with Gasteiger partial charge in [-0.1, -0.05) is 6.42 Å². The Kier molecular flexibility index (Phi) is 4.52. The van der Waals surface area contributed by atoms with Gasteiger partial charge in [0, 0.05) is 19.6 Å². The third kappa shape index (κ3) is 2.20. The molecule has 21 heavy (non-hydrogen) atoms. The van der Waals surface area contributed by atoms with Gasteiger partial charge in [-0.05, 0) is 32.6 Å². The van der Waals surface area contributed by atoms with Crippen LogP contribution in [-0.2, 0) is 14.3 Å². The first-order valence-corrected chi connectivity index (χ1v) is 7.58. The van der Waals surface area contributed by atoms with E-state index >= 15 is 0 Å². The quantitative estimate of drug-likeness (QED) is 0.763. The van der Waals surface area contributed by atoms with Gasteiger partial charge in [0.25, 0.3) is 0 Å². The molecule has 1 saturated heterocycles. The number of aliphatic hydroxyl groups is 1. The molecule has 2 rings (SSSR count). The number of likely N-dealkylation sites (tertiary alicyclic amines) is 1. The van der Waals surface area contributed by atoms with E-state index in [0.717, 1.165) is 12.8 Å². The molecule has 0 aromatic rings. The number of esters is 1. The number of carbonyl (C=O) groups is 2. The van der Waals surface area contributed by atoms with Gasteiger partial charge in [-0.3, -0.25) is 9.59 Å². The standard InChI is InChI=1S/C15H22N2O4/c1-2-21-13(20)14-6-3-4-7-15(14,11-16)17(8-5-9-18)12(19)10-14/h18H,2-10H2,1H3/t14-,15+/m0/s1. The lowest BCUT2D eigenvalue weighted by Crippen LogP contribution is -2.59. The zero-order valence-corrected chi connectivity index (χ0v) is 12.4. The zero-order valence-electron chi connectivity index (χ0n) is 12.4. The first-order valence-electron chi connectivity index (χ1n) is 7.58. The van der Waals surface area contributed by atoms with Crippen molar-refractivity contribution in [1.29, 1.82) is 5.26 Å². The number of hydrogen-bond donors (Lipinski definition) is 1. The van der Waals surface area contributed by atoms with Crippen molar-refractivity contribution in [2.75, 3.05) is 19.8 Å². The minimum Gasteiger partial charge on any atom is -0.465 e. The predicted molar refractivity (Wildman–Crippen MR) is 73.9 cm³/mol. The molecule has 0 aromatic carbocycles. The molecule has 2 atom stereocenters. The number of ether oxygens (including phenoxy) is 1. The van der Waals surface area contributed by atoms with Crippen LogP contribution in [0.25, 0.3) is 0 Å². The van der Waals surface area contributed by atoms with Crippen LogP contribution in [0.3, 0.4) is 0 Å². The summed E-state index contributed by atoms with van der Waals surface area (Å²) >= 11 is 0. The van der Waals surface area contributed by atoms with Crippen LogP contribution in [0, 0.1) is 16.7 Å². The highest BCUT2D eigenvalue weighted by atomic mass is 16.5. The molecule has 0 bridgehead atoms. The van der Waals surface area contributed by atoms with Crippen molar-refractivity contribution in [2.24, 2.45) is 5.41 Å². The maximum absolute atomic E-state index is 12.5. The van der Waals surface area contributed by atoms with Gasteiger partial charge in [-0.2, -0.15) is 5.26 Å². The minimum absolute atomic E-state index is 0.0440. The van der Waals surface area contributed by atoms with Crippen molar-refractivity contribution in [3.05, 3.63) is 0 Å². The molecule has 1 aliphatic heterocycles. The maximum atomic E-state index is 12.5. The highest BCUT2D eigenvalue weighted by Gasteiger charge is 2.68. The molecule has 1 heterocycles. The van der Waals surface area contributed by atoms with Crippen molar-refractivity contribution in [2.45, 2.75) is 51.0 Å². The van der Waals surface area contributed by atoms with Gasteiger partial charge in [0.15, 0.2) is 0 Å². The Morgan fingerprint density at radius 2 is 2.19 bits per heavy atom. The van der Waals surface area contributed by atoms with Crippen LogP contribution in [-0.4, -0.2) is 47.2 Å². The van der Waals surface area contributed by atoms with Gasteiger partial charge < -0.3 is 14.7 Å². The molecule has 0 radical (unpaired) electrons. The minimum atomic E-state index is -1.11. The lowest BCUT2D eigenvalue weighted by atomic mass is 9.62. The number of fused-ring (bicyclic) bond motifs is 1. The van der Waals surface area contributed by atoms with Crippen LogP contribution >= 0.6 is 0 Å². The smallest absolute Gasteiger partial charge is 0.316 e. The van der Waals surface area contributed by atoms with E-state index in [1.54, 1.807) is 6.92 Å². The van der Waals surface area contributed by atoms with Crippen molar-refractivity contribution in [3.63, 3.8) is 0 Å². The number of nitriles is 1. The summed E-state index contributed by atoms with van der Waals surface area (Å²) in [6.45, 7) is 2.24. The Morgan fingerprint density at radius 3 is 2.81 bits per heavy atom. The molecular weight excluding hydrogens is 272 g/mol. The molecule has 2 aliphatic rings. The average molecular weight is 294 g/mol. The fourth-order valence-corrected chi connectivity index (χ4v) is 3.83. The molecule has 6 heteroatoms. The molecule has 0 aromatic heterocycles. The number of nitrogens with zero attached hydrogens (tertiary/aromatic N) is 2. The van der Waals surface area contributed by atoms with Crippen molar-refractivity contribution >= 4 is 11.9 Å². The molecule has 0 spiro atoms. The topological polar surface area (TPSA) is 90.6 Å². The molecule has 6 nitrogen and oxygen atoms in total. The second kappa shape index (κ2) is 6.02. The van der Waals surface area contributed by atoms with E-state index in [1.807, 2.05) is 0 Å². The van der Waals surface area contributed by atoms with Crippen molar-refractivity contribution < 1.29 is 19.4 Å². The Labute approximate surface area is 124 Å². The first kappa shape index (κ1) is 15.8. The average Bonchev–Trinajstić information content (AvgIpc) is 2.75. The lowest BCUT2D eigenvalue weighted by molar-refractivity contribution is -0.162. The summed E-state index contributed by atoms with van der Waals surface area (Å²) in [5, 5.41) is 18.8. The van der Waals surface area contributed by atoms with Crippen molar-refractivity contribution in [1.82, 2.24) is 4.90 Å². The van der Waals surface area contributed by atoms with Crippen LogP contribution < -0.4 is 0 Å². The van der Waals surface area contributed by atoms with Gasteiger partial charge >= 0.3 is 5.97 Å². The summed E-state index contributed by atoms with van der Waals surface area (Å²) in [7, 11) is 0. The molecule has 1 N–H and O–H groups in total. The summed E-state index contributed by atoms with van der Waals surface area (Å²) in [6, 6.07) is 2.27. The number of amides is 1. The summed E-state index contributed by atoms with van der Waals surface area (Å²) in [6.07, 6.45) is 3.11. The number of hydrogen-bond acceptors (Lipinski definition) is 5. The van der Waals surface area contributed by atoms with Gasteiger partial charge in [-0.15, -0.1) is 0 Å². The molecule has 0 unspecified atom stereocenters. The Morgan fingerprint density at radius 1 is 1.48 bits per heavy atom. The first-order chi connectivity index (χ1) is 10.1. The zero-order chi connectivity index (χ0) is 15.5. The molecule has 2 fully saturated rings. The third-order valence-electron chi connectivity index (χ3n) is 4.79. The highest BCUT2D eigenvalue weighted by molar-refractivity contribution is 5.93. The Bertz CT molecular complexity index is 473. The summed E-state index contributed by atoms with van der Waals surface area (Å²) in [5.41, 5.74) is -2.15. The summed E-state index contributed by atoms with van der Waals surface area (Å²) < 4.78 is 5.20. The van der Waals surface area contributed by atoms with Crippen LogP contribution in [0.4, 0.5) is 0 Å². The number of carbonyl (C=O) groups excluding carboxylic acids is 2. The van der Waals surface area contributed by atoms with E-state index in [9.17, 15) is 14.9 Å². The second-order valence-corrected chi connectivity index (χ2v) is 5.78. The fourth-order valence-electron chi connectivity index (χ4n) is 3.83. The Hall–Kier alpha value is -1.61. The number of rotatable bonds is 5. The van der Waals surface area contributed by atoms with Gasteiger partial charge in [0.1, 0.15) is 11.0 Å². The molecule has 1 amide bonds.